The fourth-order valence-corrected chi connectivity index (χ4v) is 3.61. The summed E-state index contributed by atoms with van der Waals surface area (Å²) in [6.07, 6.45) is 11.0. The van der Waals surface area contributed by atoms with E-state index in [0.29, 0.717) is 5.92 Å². The number of unbranched alkanes of at least 4 members (excludes halogenated alkanes) is 4. The third-order valence-corrected chi connectivity index (χ3v) is 5.27. The minimum Gasteiger partial charge on any atom is -0.423 e. The molecule has 1 aromatic carbocycles. The molecular weight excluding hydrogens is 336 g/mol. The molecule has 0 bridgehead atoms. The summed E-state index contributed by atoms with van der Waals surface area (Å²) in [6.45, 7) is 2.21. The molecule has 0 unspecified atom stereocenters. The van der Waals surface area contributed by atoms with Crippen molar-refractivity contribution in [3.63, 3.8) is 0 Å². The van der Waals surface area contributed by atoms with Crippen LogP contribution >= 0.6 is 0 Å². The second-order valence-corrected chi connectivity index (χ2v) is 7.19. The number of ether oxygens (including phenoxy) is 1. The van der Waals surface area contributed by atoms with E-state index in [1.807, 2.05) is 0 Å². The van der Waals surface area contributed by atoms with Gasteiger partial charge in [-0.3, -0.25) is 4.79 Å². The first-order valence-electron chi connectivity index (χ1n) is 9.66. The molecule has 3 nitrogen and oxygen atoms in total. The van der Waals surface area contributed by atoms with Crippen LogP contribution in [0, 0.1) is 34.8 Å². The first kappa shape index (κ1) is 20.4. The van der Waals surface area contributed by atoms with E-state index in [0.717, 1.165) is 37.8 Å². The largest absolute Gasteiger partial charge is 0.423 e. The minimum atomic E-state index is -1.28. The van der Waals surface area contributed by atoms with Gasteiger partial charge >= 0.3 is 5.97 Å². The highest BCUT2D eigenvalue weighted by Gasteiger charge is 2.28. The third kappa shape index (κ3) is 5.52. The Labute approximate surface area is 154 Å². The van der Waals surface area contributed by atoms with E-state index >= 15 is 0 Å². The van der Waals surface area contributed by atoms with Crippen LogP contribution in [0.4, 0.5) is 8.78 Å². The van der Waals surface area contributed by atoms with Gasteiger partial charge in [-0.05, 0) is 43.7 Å². The van der Waals surface area contributed by atoms with E-state index in [4.69, 9.17) is 10.00 Å². The van der Waals surface area contributed by atoms with Crippen LogP contribution in [0.25, 0.3) is 0 Å². The average Bonchev–Trinajstić information content (AvgIpc) is 2.66. The number of hydrogen-bond acceptors (Lipinski definition) is 3. The Bertz CT molecular complexity index is 646. The average molecular weight is 363 g/mol. The number of nitriles is 1. The molecule has 26 heavy (non-hydrogen) atoms. The monoisotopic (exact) mass is 363 g/mol. The van der Waals surface area contributed by atoms with Gasteiger partial charge in [-0.25, -0.2) is 4.39 Å². The Hall–Kier alpha value is -1.96. The fraction of sp³-hybridized carbons (Fsp3) is 0.619. The number of halogens is 2. The predicted octanol–water partition coefficient (Wildman–Crippen LogP) is 5.91. The maximum Gasteiger partial charge on any atom is 0.314 e. The third-order valence-electron chi connectivity index (χ3n) is 5.27. The first-order valence-corrected chi connectivity index (χ1v) is 9.66. The van der Waals surface area contributed by atoms with Crippen molar-refractivity contribution in [3.05, 3.63) is 29.3 Å². The lowest BCUT2D eigenvalue weighted by molar-refractivity contribution is -0.140. The predicted molar refractivity (Wildman–Crippen MR) is 95.5 cm³/mol. The number of benzene rings is 1. The molecule has 1 aliphatic carbocycles. The van der Waals surface area contributed by atoms with Crippen LogP contribution in [0.2, 0.25) is 0 Å². The Morgan fingerprint density at radius 3 is 2.46 bits per heavy atom. The van der Waals surface area contributed by atoms with Gasteiger partial charge in [-0.1, -0.05) is 45.4 Å². The lowest BCUT2D eigenvalue weighted by Crippen LogP contribution is -2.26. The zero-order chi connectivity index (χ0) is 18.9. The lowest BCUT2D eigenvalue weighted by Gasteiger charge is -2.27. The Morgan fingerprint density at radius 1 is 1.12 bits per heavy atom. The van der Waals surface area contributed by atoms with Crippen molar-refractivity contribution in [2.75, 3.05) is 0 Å². The standard InChI is InChI=1S/C21H27F2NO2/c1-2-3-4-5-6-7-15-8-10-16(11-9-15)21(25)26-18-13-12-17(14-24)19(22)20(18)23/h12-13,15-16H,2-11H2,1H3. The molecule has 0 aromatic heterocycles. The van der Waals surface area contributed by atoms with Crippen molar-refractivity contribution >= 4 is 5.97 Å². The summed E-state index contributed by atoms with van der Waals surface area (Å²) in [4.78, 5) is 12.2. The normalized spacial score (nSPS) is 19.8. The first-order chi connectivity index (χ1) is 12.6. The fourth-order valence-electron chi connectivity index (χ4n) is 3.61. The Balaban J connectivity index is 1.78. The molecule has 1 saturated carbocycles. The molecule has 1 fully saturated rings. The highest BCUT2D eigenvalue weighted by Crippen LogP contribution is 2.33. The topological polar surface area (TPSA) is 50.1 Å². The second-order valence-electron chi connectivity index (χ2n) is 7.19. The van der Waals surface area contributed by atoms with Gasteiger partial charge < -0.3 is 4.74 Å². The zero-order valence-electron chi connectivity index (χ0n) is 15.4. The summed E-state index contributed by atoms with van der Waals surface area (Å²) in [7, 11) is 0. The highest BCUT2D eigenvalue weighted by molar-refractivity contribution is 5.75. The van der Waals surface area contributed by atoms with Gasteiger partial charge in [0, 0.05) is 0 Å². The molecule has 1 aromatic rings. The van der Waals surface area contributed by atoms with Gasteiger partial charge in [0.15, 0.2) is 11.6 Å². The Kier molecular flexibility index (Phi) is 8.03. The molecule has 0 amide bonds. The SMILES string of the molecule is CCCCCCCC1CCC(C(=O)Oc2ccc(C#N)c(F)c2F)CC1. The van der Waals surface area contributed by atoms with Crippen molar-refractivity contribution in [1.29, 1.82) is 5.26 Å². The minimum absolute atomic E-state index is 0.260. The van der Waals surface area contributed by atoms with E-state index in [9.17, 15) is 13.6 Å². The Morgan fingerprint density at radius 2 is 1.81 bits per heavy atom. The summed E-state index contributed by atoms with van der Waals surface area (Å²) in [6, 6.07) is 3.81. The second kappa shape index (κ2) is 10.3. The molecule has 0 saturated heterocycles. The van der Waals surface area contributed by atoms with Gasteiger partial charge in [-0.2, -0.15) is 9.65 Å². The van der Waals surface area contributed by atoms with E-state index < -0.39 is 28.9 Å². The van der Waals surface area contributed by atoms with Crippen molar-refractivity contribution in [2.24, 2.45) is 11.8 Å². The number of carbonyl (C=O) groups is 1. The summed E-state index contributed by atoms with van der Waals surface area (Å²) >= 11 is 0. The zero-order valence-corrected chi connectivity index (χ0v) is 15.4. The van der Waals surface area contributed by atoms with Gasteiger partial charge in [0.2, 0.25) is 5.82 Å². The van der Waals surface area contributed by atoms with Crippen LogP contribution in [0.15, 0.2) is 12.1 Å². The molecule has 5 heteroatoms. The summed E-state index contributed by atoms with van der Waals surface area (Å²) < 4.78 is 32.5. The molecule has 1 aliphatic rings. The van der Waals surface area contributed by atoms with Crippen molar-refractivity contribution < 1.29 is 18.3 Å². The molecule has 0 radical (unpaired) electrons. The van der Waals surface area contributed by atoms with Crippen LogP contribution in [0.3, 0.4) is 0 Å². The van der Waals surface area contributed by atoms with Crippen molar-refractivity contribution in [2.45, 2.75) is 71.1 Å². The molecule has 0 N–H and O–H groups in total. The van der Waals surface area contributed by atoms with Gasteiger partial charge in [0.1, 0.15) is 6.07 Å². The molecule has 0 atom stereocenters. The van der Waals surface area contributed by atoms with Crippen LogP contribution in [-0.2, 0) is 4.79 Å². The number of esters is 1. The molecule has 0 heterocycles. The molecule has 142 valence electrons. The molecule has 0 spiro atoms. The molecule has 0 aliphatic heterocycles. The number of hydrogen-bond donors (Lipinski definition) is 0. The smallest absolute Gasteiger partial charge is 0.314 e. The quantitative estimate of drug-likeness (QED) is 0.328. The number of nitrogens with zero attached hydrogens (tertiary/aromatic N) is 1. The van der Waals surface area contributed by atoms with Crippen LogP contribution in [0.1, 0.15) is 76.7 Å². The molecule has 2 rings (SSSR count). The van der Waals surface area contributed by atoms with E-state index in [1.54, 1.807) is 6.07 Å². The van der Waals surface area contributed by atoms with Crippen LogP contribution in [0.5, 0.6) is 5.75 Å². The van der Waals surface area contributed by atoms with Gasteiger partial charge in [-0.15, -0.1) is 0 Å². The maximum atomic E-state index is 13.9. The summed E-state index contributed by atoms with van der Waals surface area (Å²) in [5, 5.41) is 8.68. The number of carbonyl (C=O) groups excluding carboxylic acids is 1. The van der Waals surface area contributed by atoms with Crippen LogP contribution in [-0.4, -0.2) is 5.97 Å². The van der Waals surface area contributed by atoms with Crippen LogP contribution < -0.4 is 4.74 Å². The van der Waals surface area contributed by atoms with Gasteiger partial charge in [0.25, 0.3) is 0 Å². The maximum absolute atomic E-state index is 13.9. The van der Waals surface area contributed by atoms with E-state index in [2.05, 4.69) is 6.92 Å². The van der Waals surface area contributed by atoms with Gasteiger partial charge in [0.05, 0.1) is 11.5 Å². The molecular formula is C21H27F2NO2. The van der Waals surface area contributed by atoms with Crippen molar-refractivity contribution in [1.82, 2.24) is 0 Å². The lowest BCUT2D eigenvalue weighted by atomic mass is 9.80. The highest BCUT2D eigenvalue weighted by atomic mass is 19.2. The van der Waals surface area contributed by atoms with E-state index in [1.165, 1.54) is 38.5 Å². The summed E-state index contributed by atoms with van der Waals surface area (Å²) in [5.41, 5.74) is -0.401. The van der Waals surface area contributed by atoms with E-state index in [-0.39, 0.29) is 5.92 Å². The number of rotatable bonds is 8. The van der Waals surface area contributed by atoms with Crippen molar-refractivity contribution in [3.8, 4) is 11.8 Å². The summed E-state index contributed by atoms with van der Waals surface area (Å²) in [5.74, 6) is -3.10.